The van der Waals surface area contributed by atoms with Crippen molar-refractivity contribution in [2.24, 2.45) is 5.41 Å². The van der Waals surface area contributed by atoms with E-state index >= 15 is 0 Å². The number of anilines is 2. The van der Waals surface area contributed by atoms with Gasteiger partial charge >= 0.3 is 0 Å². The quantitative estimate of drug-likeness (QED) is 0.916. The molecule has 0 bridgehead atoms. The SMILES string of the molecule is CC1(C)CCCN(c2snc(N)c2-c2ccncc2)CC1. The fraction of sp³-hybridized carbons (Fsp3) is 0.500. The monoisotopic (exact) mass is 302 g/mol. The third-order valence-electron chi connectivity index (χ3n) is 4.30. The lowest BCUT2D eigenvalue weighted by Crippen LogP contribution is -2.24. The summed E-state index contributed by atoms with van der Waals surface area (Å²) in [6, 6.07) is 4.01. The highest BCUT2D eigenvalue weighted by molar-refractivity contribution is 7.11. The molecule has 0 atom stereocenters. The summed E-state index contributed by atoms with van der Waals surface area (Å²) in [7, 11) is 0. The van der Waals surface area contributed by atoms with Crippen molar-refractivity contribution in [3.8, 4) is 11.1 Å². The van der Waals surface area contributed by atoms with Crippen LogP contribution in [-0.4, -0.2) is 22.4 Å². The van der Waals surface area contributed by atoms with Gasteiger partial charge in [0.1, 0.15) is 10.8 Å². The summed E-state index contributed by atoms with van der Waals surface area (Å²) in [6.45, 7) is 6.89. The van der Waals surface area contributed by atoms with Crippen LogP contribution in [-0.2, 0) is 0 Å². The smallest absolute Gasteiger partial charge is 0.147 e. The lowest BCUT2D eigenvalue weighted by atomic mass is 9.85. The number of rotatable bonds is 2. The average Bonchev–Trinajstić information content (AvgIpc) is 2.75. The van der Waals surface area contributed by atoms with Crippen molar-refractivity contribution in [1.82, 2.24) is 9.36 Å². The van der Waals surface area contributed by atoms with Crippen molar-refractivity contribution >= 4 is 22.4 Å². The second-order valence-electron chi connectivity index (χ2n) is 6.49. The molecule has 0 saturated carbocycles. The van der Waals surface area contributed by atoms with Crippen molar-refractivity contribution in [2.75, 3.05) is 23.7 Å². The fourth-order valence-electron chi connectivity index (χ4n) is 2.93. The fourth-order valence-corrected chi connectivity index (χ4v) is 3.81. The number of hydrogen-bond donors (Lipinski definition) is 1. The van der Waals surface area contributed by atoms with Gasteiger partial charge in [0.25, 0.3) is 0 Å². The first-order chi connectivity index (χ1) is 10.1. The van der Waals surface area contributed by atoms with E-state index in [9.17, 15) is 0 Å². The molecule has 3 heterocycles. The van der Waals surface area contributed by atoms with E-state index in [1.54, 1.807) is 0 Å². The number of aromatic nitrogens is 2. The lowest BCUT2D eigenvalue weighted by molar-refractivity contribution is 0.325. The van der Waals surface area contributed by atoms with Crippen LogP contribution in [0, 0.1) is 5.41 Å². The molecule has 4 nitrogen and oxygen atoms in total. The number of nitrogen functional groups attached to an aromatic ring is 1. The number of nitrogens with zero attached hydrogens (tertiary/aromatic N) is 3. The molecule has 1 fully saturated rings. The molecular weight excluding hydrogens is 280 g/mol. The van der Waals surface area contributed by atoms with E-state index in [1.807, 2.05) is 24.5 Å². The Morgan fingerprint density at radius 3 is 2.71 bits per heavy atom. The first-order valence-corrected chi connectivity index (χ1v) is 8.25. The summed E-state index contributed by atoms with van der Waals surface area (Å²) in [6.07, 6.45) is 7.33. The van der Waals surface area contributed by atoms with Crippen molar-refractivity contribution in [2.45, 2.75) is 33.1 Å². The van der Waals surface area contributed by atoms with Crippen LogP contribution >= 0.6 is 11.5 Å². The van der Waals surface area contributed by atoms with Gasteiger partial charge in [0, 0.05) is 25.5 Å². The van der Waals surface area contributed by atoms with Crippen molar-refractivity contribution in [3.05, 3.63) is 24.5 Å². The van der Waals surface area contributed by atoms with Gasteiger partial charge in [0.15, 0.2) is 0 Å². The number of hydrogen-bond acceptors (Lipinski definition) is 5. The van der Waals surface area contributed by atoms with E-state index in [2.05, 4.69) is 28.1 Å². The molecule has 0 aliphatic carbocycles. The summed E-state index contributed by atoms with van der Waals surface area (Å²) in [5.41, 5.74) is 8.73. The highest BCUT2D eigenvalue weighted by atomic mass is 32.1. The van der Waals surface area contributed by atoms with Gasteiger partial charge in [-0.2, -0.15) is 4.37 Å². The Kier molecular flexibility index (Phi) is 3.85. The highest BCUT2D eigenvalue weighted by Gasteiger charge is 2.26. The second-order valence-corrected chi connectivity index (χ2v) is 7.24. The third-order valence-corrected chi connectivity index (χ3v) is 5.22. The first-order valence-electron chi connectivity index (χ1n) is 7.47. The Balaban J connectivity index is 1.93. The van der Waals surface area contributed by atoms with E-state index in [4.69, 9.17) is 5.73 Å². The molecule has 0 radical (unpaired) electrons. The predicted octanol–water partition coefficient (Wildman–Crippen LogP) is 3.80. The zero-order valence-electron chi connectivity index (χ0n) is 12.7. The van der Waals surface area contributed by atoms with Crippen LogP contribution in [0.1, 0.15) is 33.1 Å². The van der Waals surface area contributed by atoms with Crippen LogP contribution in [0.3, 0.4) is 0 Å². The van der Waals surface area contributed by atoms with Gasteiger partial charge in [0.2, 0.25) is 0 Å². The summed E-state index contributed by atoms with van der Waals surface area (Å²) < 4.78 is 4.39. The van der Waals surface area contributed by atoms with Crippen LogP contribution < -0.4 is 10.6 Å². The van der Waals surface area contributed by atoms with Crippen LogP contribution in [0.15, 0.2) is 24.5 Å². The zero-order chi connectivity index (χ0) is 14.9. The van der Waals surface area contributed by atoms with E-state index in [-0.39, 0.29) is 0 Å². The molecule has 112 valence electrons. The standard InChI is InChI=1S/C16H22N4S/c1-16(2)6-3-10-20(11-7-16)15-13(14(17)19-21-15)12-4-8-18-9-5-12/h4-5,8-9H,3,6-7,10-11H2,1-2H3,(H2,17,19). The summed E-state index contributed by atoms with van der Waals surface area (Å²) in [5, 5.41) is 1.21. The molecule has 21 heavy (non-hydrogen) atoms. The Morgan fingerprint density at radius 1 is 1.19 bits per heavy atom. The Morgan fingerprint density at radius 2 is 1.95 bits per heavy atom. The summed E-state index contributed by atoms with van der Waals surface area (Å²) in [4.78, 5) is 6.55. The molecule has 2 aromatic heterocycles. The minimum atomic E-state index is 0.432. The van der Waals surface area contributed by atoms with E-state index in [0.29, 0.717) is 11.2 Å². The molecular formula is C16H22N4S. The maximum atomic E-state index is 6.12. The predicted molar refractivity (Wildman–Crippen MR) is 89.6 cm³/mol. The second kappa shape index (κ2) is 5.64. The van der Waals surface area contributed by atoms with Crippen LogP contribution in [0.4, 0.5) is 10.8 Å². The Bertz CT molecular complexity index is 606. The zero-order valence-corrected chi connectivity index (χ0v) is 13.5. The Labute approximate surface area is 130 Å². The molecule has 0 unspecified atom stereocenters. The first kappa shape index (κ1) is 14.3. The van der Waals surface area contributed by atoms with E-state index in [0.717, 1.165) is 24.2 Å². The third kappa shape index (κ3) is 3.02. The Hall–Kier alpha value is -1.62. The van der Waals surface area contributed by atoms with Gasteiger partial charge in [-0.05, 0) is 53.9 Å². The molecule has 5 heteroatoms. The maximum absolute atomic E-state index is 6.12. The minimum absolute atomic E-state index is 0.432. The topological polar surface area (TPSA) is 55.0 Å². The molecule has 0 amide bonds. The normalized spacial score (nSPS) is 18.5. The van der Waals surface area contributed by atoms with Crippen molar-refractivity contribution < 1.29 is 0 Å². The van der Waals surface area contributed by atoms with Gasteiger partial charge in [-0.3, -0.25) is 4.98 Å². The van der Waals surface area contributed by atoms with Crippen LogP contribution in [0.2, 0.25) is 0 Å². The largest absolute Gasteiger partial charge is 0.382 e. The molecule has 2 N–H and O–H groups in total. The van der Waals surface area contributed by atoms with Crippen LogP contribution in [0.5, 0.6) is 0 Å². The minimum Gasteiger partial charge on any atom is -0.382 e. The average molecular weight is 302 g/mol. The highest BCUT2D eigenvalue weighted by Crippen LogP contribution is 2.41. The summed E-state index contributed by atoms with van der Waals surface area (Å²) >= 11 is 1.52. The van der Waals surface area contributed by atoms with Gasteiger partial charge in [-0.1, -0.05) is 13.8 Å². The molecule has 0 spiro atoms. The van der Waals surface area contributed by atoms with Gasteiger partial charge in [0.05, 0.1) is 5.56 Å². The number of pyridine rings is 1. The number of nitrogens with two attached hydrogens (primary N) is 1. The van der Waals surface area contributed by atoms with Crippen LogP contribution in [0.25, 0.3) is 11.1 Å². The van der Waals surface area contributed by atoms with Gasteiger partial charge < -0.3 is 10.6 Å². The molecule has 1 saturated heterocycles. The molecule has 3 rings (SSSR count). The van der Waals surface area contributed by atoms with E-state index in [1.165, 1.54) is 35.8 Å². The molecule has 1 aliphatic rings. The molecule has 1 aliphatic heterocycles. The summed E-state index contributed by atoms with van der Waals surface area (Å²) in [5.74, 6) is 0.629. The lowest BCUT2D eigenvalue weighted by Gasteiger charge is -2.24. The van der Waals surface area contributed by atoms with Crippen molar-refractivity contribution in [3.63, 3.8) is 0 Å². The van der Waals surface area contributed by atoms with Gasteiger partial charge in [-0.25, -0.2) is 0 Å². The van der Waals surface area contributed by atoms with E-state index < -0.39 is 0 Å². The maximum Gasteiger partial charge on any atom is 0.147 e. The molecule has 0 aromatic carbocycles. The van der Waals surface area contributed by atoms with Crippen molar-refractivity contribution in [1.29, 1.82) is 0 Å². The van der Waals surface area contributed by atoms with Gasteiger partial charge in [-0.15, -0.1) is 0 Å². The molecule has 2 aromatic rings.